The van der Waals surface area contributed by atoms with Crippen LogP contribution >= 0.6 is 0 Å². The van der Waals surface area contributed by atoms with Crippen LogP contribution in [0.5, 0.6) is 11.5 Å². The van der Waals surface area contributed by atoms with Crippen molar-refractivity contribution in [2.24, 2.45) is 5.92 Å². The van der Waals surface area contributed by atoms with Gasteiger partial charge in [0.15, 0.2) is 0 Å². The summed E-state index contributed by atoms with van der Waals surface area (Å²) in [4.78, 5) is 28.1. The molecule has 3 rings (SSSR count). The van der Waals surface area contributed by atoms with Gasteiger partial charge in [-0.05, 0) is 43.2 Å². The summed E-state index contributed by atoms with van der Waals surface area (Å²) in [6.45, 7) is 3.69. The predicted octanol–water partition coefficient (Wildman–Crippen LogP) is 3.70. The van der Waals surface area contributed by atoms with Gasteiger partial charge in [-0.15, -0.1) is 0 Å². The fraction of sp³-hybridized carbons (Fsp3) is 0.364. The molecule has 27 heavy (non-hydrogen) atoms. The maximum Gasteiger partial charge on any atom is 0.227 e. The third-order valence-electron chi connectivity index (χ3n) is 4.93. The lowest BCUT2D eigenvalue weighted by molar-refractivity contribution is -0.142. The zero-order chi connectivity index (χ0) is 19.2. The molecule has 0 unspecified atom stereocenters. The molecule has 1 aliphatic heterocycles. The van der Waals surface area contributed by atoms with Crippen LogP contribution in [0, 0.1) is 5.92 Å². The second-order valence-electron chi connectivity index (χ2n) is 6.92. The highest BCUT2D eigenvalue weighted by molar-refractivity contribution is 5.83. The van der Waals surface area contributed by atoms with Crippen LogP contribution in [0.25, 0.3) is 0 Å². The summed E-state index contributed by atoms with van der Waals surface area (Å²) in [6.07, 6.45) is 1.10. The number of ether oxygens (including phenoxy) is 1. The van der Waals surface area contributed by atoms with Crippen molar-refractivity contribution in [2.75, 3.05) is 20.1 Å². The third-order valence-corrected chi connectivity index (χ3v) is 4.93. The highest BCUT2D eigenvalue weighted by Gasteiger charge is 2.30. The molecule has 2 amide bonds. The zero-order valence-electron chi connectivity index (χ0n) is 15.9. The number of likely N-dealkylation sites (tertiary alicyclic amines) is 1. The molecule has 0 saturated carbocycles. The van der Waals surface area contributed by atoms with Crippen LogP contribution in [-0.2, 0) is 16.1 Å². The van der Waals surface area contributed by atoms with Gasteiger partial charge in [0.05, 0.1) is 5.92 Å². The minimum atomic E-state index is -0.103. The first-order valence-corrected chi connectivity index (χ1v) is 9.41. The molecule has 1 atom stereocenters. The van der Waals surface area contributed by atoms with Crippen LogP contribution in [0.15, 0.2) is 54.6 Å². The molecule has 0 aromatic heterocycles. The monoisotopic (exact) mass is 366 g/mol. The highest BCUT2D eigenvalue weighted by atomic mass is 16.5. The van der Waals surface area contributed by atoms with Crippen molar-refractivity contribution in [3.8, 4) is 11.5 Å². The van der Waals surface area contributed by atoms with Crippen molar-refractivity contribution in [1.29, 1.82) is 0 Å². The van der Waals surface area contributed by atoms with Gasteiger partial charge in [-0.2, -0.15) is 0 Å². The summed E-state index contributed by atoms with van der Waals surface area (Å²) in [5, 5.41) is 0. The first kappa shape index (κ1) is 19.0. The lowest BCUT2D eigenvalue weighted by Crippen LogP contribution is -2.45. The van der Waals surface area contributed by atoms with Crippen LogP contribution < -0.4 is 4.74 Å². The smallest absolute Gasteiger partial charge is 0.227 e. The number of benzene rings is 2. The summed E-state index contributed by atoms with van der Waals surface area (Å²) >= 11 is 0. The molecule has 0 radical (unpaired) electrons. The second kappa shape index (κ2) is 8.71. The Morgan fingerprint density at radius 3 is 2.44 bits per heavy atom. The van der Waals surface area contributed by atoms with Gasteiger partial charge in [0.2, 0.25) is 11.8 Å². The average molecular weight is 366 g/mol. The molecule has 5 nitrogen and oxygen atoms in total. The largest absolute Gasteiger partial charge is 0.457 e. The summed E-state index contributed by atoms with van der Waals surface area (Å²) in [5.41, 5.74) is 1.05. The quantitative estimate of drug-likeness (QED) is 0.783. The van der Waals surface area contributed by atoms with Crippen LogP contribution in [0.3, 0.4) is 0 Å². The minimum absolute atomic E-state index is 0.102. The van der Waals surface area contributed by atoms with Gasteiger partial charge in [-0.1, -0.05) is 30.3 Å². The van der Waals surface area contributed by atoms with Gasteiger partial charge in [-0.25, -0.2) is 0 Å². The number of nitrogens with zero attached hydrogens (tertiary/aromatic N) is 2. The molecule has 142 valence electrons. The Labute approximate surface area is 160 Å². The number of hydrogen-bond acceptors (Lipinski definition) is 3. The first-order chi connectivity index (χ1) is 13.1. The fourth-order valence-electron chi connectivity index (χ4n) is 3.37. The summed E-state index contributed by atoms with van der Waals surface area (Å²) < 4.78 is 5.80. The lowest BCUT2D eigenvalue weighted by Gasteiger charge is -2.33. The van der Waals surface area contributed by atoms with Crippen LogP contribution in [-0.4, -0.2) is 41.8 Å². The van der Waals surface area contributed by atoms with Crippen molar-refractivity contribution in [1.82, 2.24) is 9.80 Å². The molecule has 2 aromatic carbocycles. The van der Waals surface area contributed by atoms with E-state index in [1.54, 1.807) is 9.80 Å². The molecule has 0 bridgehead atoms. The van der Waals surface area contributed by atoms with E-state index in [1.165, 1.54) is 0 Å². The van der Waals surface area contributed by atoms with E-state index in [-0.39, 0.29) is 17.7 Å². The number of piperidine rings is 1. The Hall–Kier alpha value is -2.82. The van der Waals surface area contributed by atoms with Gasteiger partial charge >= 0.3 is 0 Å². The molecule has 0 N–H and O–H groups in total. The maximum atomic E-state index is 12.7. The molecule has 2 aromatic rings. The summed E-state index contributed by atoms with van der Waals surface area (Å²) in [7, 11) is 1.82. The van der Waals surface area contributed by atoms with Crippen molar-refractivity contribution in [3.63, 3.8) is 0 Å². The highest BCUT2D eigenvalue weighted by Crippen LogP contribution is 2.23. The van der Waals surface area contributed by atoms with E-state index >= 15 is 0 Å². The maximum absolute atomic E-state index is 12.7. The summed E-state index contributed by atoms with van der Waals surface area (Å²) in [6, 6.07) is 17.4. The Morgan fingerprint density at radius 1 is 1.11 bits per heavy atom. The Bertz CT molecular complexity index is 774. The topological polar surface area (TPSA) is 49.9 Å². The van der Waals surface area contributed by atoms with E-state index in [4.69, 9.17) is 4.74 Å². The van der Waals surface area contributed by atoms with Crippen LogP contribution in [0.1, 0.15) is 25.3 Å². The molecular weight excluding hydrogens is 340 g/mol. The molecular formula is C22H26N2O3. The van der Waals surface area contributed by atoms with E-state index in [1.807, 2.05) is 68.6 Å². The van der Waals surface area contributed by atoms with Crippen LogP contribution in [0.2, 0.25) is 0 Å². The first-order valence-electron chi connectivity index (χ1n) is 9.41. The Balaban J connectivity index is 1.56. The number of para-hydroxylation sites is 1. The molecule has 5 heteroatoms. The van der Waals surface area contributed by atoms with E-state index in [0.717, 1.165) is 17.1 Å². The molecule has 0 spiro atoms. The van der Waals surface area contributed by atoms with E-state index < -0.39 is 0 Å². The number of carbonyl (C=O) groups excluding carboxylic acids is 2. The van der Waals surface area contributed by atoms with Gasteiger partial charge in [-0.3, -0.25) is 9.59 Å². The van der Waals surface area contributed by atoms with Gasteiger partial charge < -0.3 is 14.5 Å². The molecule has 1 fully saturated rings. The number of carbonyl (C=O) groups is 2. The summed E-state index contributed by atoms with van der Waals surface area (Å²) in [5.74, 6) is 1.71. The number of hydrogen-bond donors (Lipinski definition) is 0. The van der Waals surface area contributed by atoms with E-state index in [9.17, 15) is 9.59 Å². The molecule has 1 aliphatic rings. The van der Waals surface area contributed by atoms with Gasteiger partial charge in [0, 0.05) is 33.1 Å². The predicted molar refractivity (Wildman–Crippen MR) is 104 cm³/mol. The molecule has 1 heterocycles. The van der Waals surface area contributed by atoms with Crippen molar-refractivity contribution >= 4 is 11.8 Å². The number of amides is 2. The molecule has 0 aliphatic carbocycles. The SMILES string of the molecule is CCN1C[C@H](C(=O)N(C)Cc2ccc(Oc3ccccc3)cc2)CCC1=O. The van der Waals surface area contributed by atoms with Crippen molar-refractivity contribution < 1.29 is 14.3 Å². The normalized spacial score (nSPS) is 16.9. The Morgan fingerprint density at radius 2 is 1.78 bits per heavy atom. The third kappa shape index (κ3) is 4.88. The van der Waals surface area contributed by atoms with Crippen molar-refractivity contribution in [2.45, 2.75) is 26.3 Å². The fourth-order valence-corrected chi connectivity index (χ4v) is 3.37. The van der Waals surface area contributed by atoms with Gasteiger partial charge in [0.1, 0.15) is 11.5 Å². The number of rotatable bonds is 6. The zero-order valence-corrected chi connectivity index (χ0v) is 15.9. The average Bonchev–Trinajstić information content (AvgIpc) is 2.70. The van der Waals surface area contributed by atoms with Crippen molar-refractivity contribution in [3.05, 3.63) is 60.2 Å². The molecule has 1 saturated heterocycles. The van der Waals surface area contributed by atoms with E-state index in [2.05, 4.69) is 0 Å². The van der Waals surface area contributed by atoms with Crippen LogP contribution in [0.4, 0.5) is 0 Å². The van der Waals surface area contributed by atoms with E-state index in [0.29, 0.717) is 32.5 Å². The Kier molecular flexibility index (Phi) is 6.12. The van der Waals surface area contributed by atoms with Gasteiger partial charge in [0.25, 0.3) is 0 Å². The second-order valence-corrected chi connectivity index (χ2v) is 6.92. The lowest BCUT2D eigenvalue weighted by atomic mass is 9.96. The standard InChI is InChI=1S/C22H26N2O3/c1-3-24-16-18(11-14-21(24)25)22(26)23(2)15-17-9-12-20(13-10-17)27-19-7-5-4-6-8-19/h4-10,12-13,18H,3,11,14-16H2,1-2H3/t18-/m1/s1. The minimum Gasteiger partial charge on any atom is -0.457 e.